The van der Waals surface area contributed by atoms with Crippen LogP contribution in [0.2, 0.25) is 0 Å². The highest BCUT2D eigenvalue weighted by Gasteiger charge is 2.39. The number of hydrogen-bond donors (Lipinski definition) is 1. The van der Waals surface area contributed by atoms with Gasteiger partial charge < -0.3 is 9.15 Å². The van der Waals surface area contributed by atoms with Gasteiger partial charge in [-0.3, -0.25) is 14.8 Å². The molecule has 4 aliphatic heterocycles. The fourth-order valence-corrected chi connectivity index (χ4v) is 5.50. The predicted octanol–water partition coefficient (Wildman–Crippen LogP) is 3.30. The first-order valence-electron chi connectivity index (χ1n) is 11.1. The van der Waals surface area contributed by atoms with E-state index in [1.807, 2.05) is 35.2 Å². The number of nitrogens with one attached hydrogen (secondary N) is 1. The van der Waals surface area contributed by atoms with E-state index in [1.54, 1.807) is 0 Å². The number of aromatic nitrogens is 1. The van der Waals surface area contributed by atoms with Crippen molar-refractivity contribution >= 4 is 17.2 Å². The molecule has 1 amide bonds. The number of fused-ring (bicyclic) bond motifs is 5. The molecule has 31 heavy (non-hydrogen) atoms. The van der Waals surface area contributed by atoms with Gasteiger partial charge >= 0.3 is 11.8 Å². The molecule has 1 unspecified atom stereocenters. The first-order chi connectivity index (χ1) is 15.2. The Balaban J connectivity index is 1.35. The molecule has 2 bridgehead atoms. The molecular formula is C24H25N3O4. The van der Waals surface area contributed by atoms with Crippen LogP contribution in [0, 0.1) is 5.92 Å². The van der Waals surface area contributed by atoms with Gasteiger partial charge in [0.15, 0.2) is 5.58 Å². The van der Waals surface area contributed by atoms with Gasteiger partial charge in [-0.2, -0.15) is 0 Å². The van der Waals surface area contributed by atoms with Crippen molar-refractivity contribution in [2.24, 2.45) is 5.92 Å². The second-order valence-corrected chi connectivity index (χ2v) is 8.88. The van der Waals surface area contributed by atoms with Crippen LogP contribution in [0.5, 0.6) is 0 Å². The van der Waals surface area contributed by atoms with E-state index >= 15 is 0 Å². The summed E-state index contributed by atoms with van der Waals surface area (Å²) in [6.45, 7) is 3.66. The van der Waals surface area contributed by atoms with Gasteiger partial charge in [0, 0.05) is 13.1 Å². The molecule has 2 atom stereocenters. The zero-order valence-corrected chi connectivity index (χ0v) is 17.3. The predicted molar refractivity (Wildman–Crippen MR) is 115 cm³/mol. The SMILES string of the molecule is O=C(O[C@@H]1CN2CCC1CC2)N1CCc2ccccc2C1c1ccc2[nH]c(=O)oc2c1. The number of aromatic amines is 1. The zero-order valence-electron chi connectivity index (χ0n) is 17.3. The van der Waals surface area contributed by atoms with Gasteiger partial charge in [-0.25, -0.2) is 9.59 Å². The van der Waals surface area contributed by atoms with Gasteiger partial charge in [-0.15, -0.1) is 0 Å². The molecule has 3 saturated heterocycles. The summed E-state index contributed by atoms with van der Waals surface area (Å²) >= 11 is 0. The van der Waals surface area contributed by atoms with E-state index in [2.05, 4.69) is 22.0 Å². The Labute approximate surface area is 179 Å². The van der Waals surface area contributed by atoms with E-state index < -0.39 is 5.76 Å². The maximum Gasteiger partial charge on any atom is 0.417 e. The molecule has 2 aromatic carbocycles. The van der Waals surface area contributed by atoms with Crippen LogP contribution in [-0.4, -0.2) is 53.2 Å². The van der Waals surface area contributed by atoms with Gasteiger partial charge in [0.25, 0.3) is 0 Å². The lowest BCUT2D eigenvalue weighted by atomic mass is 9.86. The number of nitrogens with zero attached hydrogens (tertiary/aromatic N) is 2. The van der Waals surface area contributed by atoms with Crippen LogP contribution >= 0.6 is 0 Å². The Kier molecular flexibility index (Phi) is 4.38. The second kappa shape index (κ2) is 7.27. The van der Waals surface area contributed by atoms with Crippen LogP contribution in [0.1, 0.15) is 35.6 Å². The summed E-state index contributed by atoms with van der Waals surface area (Å²) in [4.78, 5) is 31.9. The number of carbonyl (C=O) groups excluding carboxylic acids is 1. The summed E-state index contributed by atoms with van der Waals surface area (Å²) in [5.74, 6) is -0.00947. The van der Waals surface area contributed by atoms with E-state index in [0.717, 1.165) is 50.0 Å². The lowest BCUT2D eigenvalue weighted by molar-refractivity contribution is -0.0462. The second-order valence-electron chi connectivity index (χ2n) is 8.88. The van der Waals surface area contributed by atoms with Crippen molar-refractivity contribution in [3.63, 3.8) is 0 Å². The number of ether oxygens (including phenoxy) is 1. The van der Waals surface area contributed by atoms with Crippen molar-refractivity contribution in [3.05, 3.63) is 69.7 Å². The van der Waals surface area contributed by atoms with Crippen LogP contribution in [0.25, 0.3) is 11.1 Å². The van der Waals surface area contributed by atoms with Crippen LogP contribution in [0.15, 0.2) is 51.7 Å². The number of hydrogen-bond acceptors (Lipinski definition) is 5. The quantitative estimate of drug-likeness (QED) is 0.690. The third-order valence-electron chi connectivity index (χ3n) is 7.13. The summed E-state index contributed by atoms with van der Waals surface area (Å²) in [7, 11) is 0. The molecule has 7 nitrogen and oxygen atoms in total. The van der Waals surface area contributed by atoms with Gasteiger partial charge in [-0.1, -0.05) is 30.3 Å². The van der Waals surface area contributed by atoms with Gasteiger partial charge in [0.2, 0.25) is 0 Å². The first-order valence-corrected chi connectivity index (χ1v) is 11.1. The first kappa shape index (κ1) is 18.7. The Hall–Kier alpha value is -3.06. The fraction of sp³-hybridized carbons (Fsp3) is 0.417. The number of oxazole rings is 1. The molecule has 0 radical (unpaired) electrons. The van der Waals surface area contributed by atoms with Crippen LogP contribution in [-0.2, 0) is 11.2 Å². The molecule has 7 heteroatoms. The topological polar surface area (TPSA) is 78.8 Å². The number of carbonyl (C=O) groups is 1. The Morgan fingerprint density at radius 1 is 1.10 bits per heavy atom. The fourth-order valence-electron chi connectivity index (χ4n) is 5.50. The van der Waals surface area contributed by atoms with Crippen molar-refractivity contribution in [2.75, 3.05) is 26.2 Å². The molecule has 7 rings (SSSR count). The molecule has 1 aromatic heterocycles. The van der Waals surface area contributed by atoms with Crippen molar-refractivity contribution in [1.82, 2.24) is 14.8 Å². The molecule has 3 aromatic rings. The van der Waals surface area contributed by atoms with E-state index in [9.17, 15) is 9.59 Å². The van der Waals surface area contributed by atoms with Crippen LogP contribution < -0.4 is 5.76 Å². The maximum absolute atomic E-state index is 13.4. The Morgan fingerprint density at radius 2 is 1.94 bits per heavy atom. The molecule has 3 fully saturated rings. The highest BCUT2D eigenvalue weighted by molar-refractivity contribution is 5.75. The smallest absolute Gasteiger partial charge is 0.417 e. The number of H-pyrrole nitrogens is 1. The third-order valence-corrected chi connectivity index (χ3v) is 7.13. The van der Waals surface area contributed by atoms with E-state index in [-0.39, 0.29) is 18.2 Å². The summed E-state index contributed by atoms with van der Waals surface area (Å²) in [5.41, 5.74) is 4.38. The standard InChI is InChI=1S/C24H25N3O4/c28-23-25-19-6-5-17(13-20(19)30-23)22-18-4-2-1-3-15(18)9-12-27(22)24(29)31-21-14-26-10-7-16(21)8-11-26/h1-6,13,16,21-22H,7-12,14H2,(H,25,28)/t21-,22?/m1/s1. The van der Waals surface area contributed by atoms with E-state index in [4.69, 9.17) is 9.15 Å². The highest BCUT2D eigenvalue weighted by atomic mass is 16.6. The van der Waals surface area contributed by atoms with E-state index in [1.165, 1.54) is 5.56 Å². The number of piperidine rings is 3. The Morgan fingerprint density at radius 3 is 2.74 bits per heavy atom. The van der Waals surface area contributed by atoms with Gasteiger partial charge in [-0.05, 0) is 67.1 Å². The largest absolute Gasteiger partial charge is 0.444 e. The van der Waals surface area contributed by atoms with Gasteiger partial charge in [0.1, 0.15) is 6.10 Å². The summed E-state index contributed by atoms with van der Waals surface area (Å²) in [6.07, 6.45) is 2.72. The van der Waals surface area contributed by atoms with Crippen LogP contribution in [0.3, 0.4) is 0 Å². The molecule has 0 aliphatic carbocycles. The number of rotatable bonds is 2. The molecule has 5 heterocycles. The molecular weight excluding hydrogens is 394 g/mol. The minimum atomic E-state index is -0.477. The number of amides is 1. The van der Waals surface area contributed by atoms with Crippen LogP contribution in [0.4, 0.5) is 4.79 Å². The average molecular weight is 419 g/mol. The lowest BCUT2D eigenvalue weighted by Crippen LogP contribution is -2.53. The average Bonchev–Trinajstić information content (AvgIpc) is 3.18. The third kappa shape index (κ3) is 3.24. The van der Waals surface area contributed by atoms with Crippen molar-refractivity contribution < 1.29 is 13.9 Å². The van der Waals surface area contributed by atoms with Crippen molar-refractivity contribution in [3.8, 4) is 0 Å². The Bertz CT molecular complexity index is 1190. The minimum Gasteiger partial charge on any atom is -0.444 e. The molecule has 0 saturated carbocycles. The van der Waals surface area contributed by atoms with Crippen molar-refractivity contribution in [2.45, 2.75) is 31.4 Å². The highest BCUT2D eigenvalue weighted by Crippen LogP contribution is 2.37. The molecule has 0 spiro atoms. The zero-order chi connectivity index (χ0) is 20.9. The summed E-state index contributed by atoms with van der Waals surface area (Å²) in [5, 5.41) is 0. The minimum absolute atomic E-state index is 0.0296. The van der Waals surface area contributed by atoms with Crippen molar-refractivity contribution in [1.29, 1.82) is 0 Å². The maximum atomic E-state index is 13.4. The molecule has 1 N–H and O–H groups in total. The summed E-state index contributed by atoms with van der Waals surface area (Å²) in [6, 6.07) is 13.6. The summed E-state index contributed by atoms with van der Waals surface area (Å²) < 4.78 is 11.4. The monoisotopic (exact) mass is 419 g/mol. The lowest BCUT2D eigenvalue weighted by Gasteiger charge is -2.45. The normalized spacial score (nSPS) is 27.3. The van der Waals surface area contributed by atoms with Gasteiger partial charge in [0.05, 0.1) is 11.6 Å². The molecule has 160 valence electrons. The molecule has 4 aliphatic rings. The number of benzene rings is 2. The van der Waals surface area contributed by atoms with E-state index in [0.29, 0.717) is 23.6 Å².